The van der Waals surface area contributed by atoms with E-state index in [0.29, 0.717) is 24.7 Å². The smallest absolute Gasteiger partial charge is 0.405 e. The van der Waals surface area contributed by atoms with Gasteiger partial charge in [0.05, 0.1) is 5.60 Å². The maximum absolute atomic E-state index is 12.5. The molecule has 4 aliphatic rings. The number of nitrogens with one attached hydrogen (secondary N) is 1. The van der Waals surface area contributed by atoms with Gasteiger partial charge in [-0.2, -0.15) is 0 Å². The maximum atomic E-state index is 12.5. The summed E-state index contributed by atoms with van der Waals surface area (Å²) in [6.45, 7) is -0.0156. The molecule has 5 rings (SSSR count). The second kappa shape index (κ2) is 6.40. The number of hydrogen-bond donors (Lipinski definition) is 2. The Kier molecular flexibility index (Phi) is 4.41. The van der Waals surface area contributed by atoms with Crippen LogP contribution in [0.3, 0.4) is 0 Å². The van der Waals surface area contributed by atoms with Gasteiger partial charge in [0.15, 0.2) is 0 Å². The topological polar surface area (TPSA) is 58.6 Å². The number of ether oxygens (including phenoxy) is 1. The van der Waals surface area contributed by atoms with Crippen molar-refractivity contribution in [1.82, 2.24) is 5.32 Å². The van der Waals surface area contributed by atoms with Gasteiger partial charge in [-0.15, -0.1) is 13.2 Å². The van der Waals surface area contributed by atoms with Crippen LogP contribution in [0.25, 0.3) is 0 Å². The lowest BCUT2D eigenvalue weighted by molar-refractivity contribution is -0.274. The normalized spacial score (nSPS) is 34.5. The number of aliphatic hydroxyl groups is 1. The molecule has 1 aromatic rings. The number of benzene rings is 1. The van der Waals surface area contributed by atoms with Crippen molar-refractivity contribution in [1.29, 1.82) is 0 Å². The summed E-state index contributed by atoms with van der Waals surface area (Å²) in [5.74, 6) is 0.506. The van der Waals surface area contributed by atoms with E-state index in [1.165, 1.54) is 18.2 Å². The monoisotopic (exact) mass is 383 g/mol. The molecule has 1 amide bonds. The Bertz CT molecular complexity index is 719. The van der Waals surface area contributed by atoms with Crippen LogP contribution in [0.2, 0.25) is 0 Å². The SMILES string of the molecule is O=C(CC12CC3CC(CC(O)(C3)C1)C2)NCc1ccccc1OC(F)(F)F. The zero-order valence-electron chi connectivity index (χ0n) is 15.0. The van der Waals surface area contributed by atoms with Crippen LogP contribution in [0.15, 0.2) is 24.3 Å². The number of para-hydroxylation sites is 1. The number of carbonyl (C=O) groups is 1. The van der Waals surface area contributed by atoms with E-state index in [9.17, 15) is 23.1 Å². The number of carbonyl (C=O) groups excluding carboxylic acids is 1. The minimum absolute atomic E-state index is 0.0156. The van der Waals surface area contributed by atoms with Crippen molar-refractivity contribution >= 4 is 5.91 Å². The summed E-state index contributed by atoms with van der Waals surface area (Å²) < 4.78 is 41.6. The fourth-order valence-corrected chi connectivity index (χ4v) is 6.08. The molecule has 4 nitrogen and oxygen atoms in total. The van der Waals surface area contributed by atoms with Gasteiger partial charge in [-0.25, -0.2) is 0 Å². The molecule has 7 heteroatoms. The van der Waals surface area contributed by atoms with Gasteiger partial charge in [-0.05, 0) is 61.8 Å². The van der Waals surface area contributed by atoms with Crippen molar-refractivity contribution in [3.63, 3.8) is 0 Å². The third-order valence-electron chi connectivity index (χ3n) is 6.36. The van der Waals surface area contributed by atoms with Gasteiger partial charge in [-0.3, -0.25) is 4.79 Å². The minimum Gasteiger partial charge on any atom is -0.405 e. The van der Waals surface area contributed by atoms with Crippen molar-refractivity contribution in [3.05, 3.63) is 29.8 Å². The number of hydrogen-bond acceptors (Lipinski definition) is 3. The van der Waals surface area contributed by atoms with Crippen LogP contribution in [0.1, 0.15) is 50.5 Å². The summed E-state index contributed by atoms with van der Waals surface area (Å²) >= 11 is 0. The molecule has 0 heterocycles. The zero-order chi connectivity index (χ0) is 19.3. The highest BCUT2D eigenvalue weighted by molar-refractivity contribution is 5.77. The van der Waals surface area contributed by atoms with Crippen LogP contribution in [-0.2, 0) is 11.3 Å². The van der Waals surface area contributed by atoms with E-state index in [1.807, 2.05) is 0 Å². The fourth-order valence-electron chi connectivity index (χ4n) is 6.08. The van der Waals surface area contributed by atoms with Crippen molar-refractivity contribution in [2.24, 2.45) is 17.3 Å². The van der Waals surface area contributed by atoms with E-state index >= 15 is 0 Å². The van der Waals surface area contributed by atoms with Gasteiger partial charge in [0.2, 0.25) is 5.91 Å². The Morgan fingerprint density at radius 3 is 2.48 bits per heavy atom. The van der Waals surface area contributed by atoms with Crippen molar-refractivity contribution < 1.29 is 27.8 Å². The molecule has 0 saturated heterocycles. The lowest BCUT2D eigenvalue weighted by Gasteiger charge is -2.60. The predicted octanol–water partition coefficient (Wildman–Crippen LogP) is 3.92. The van der Waals surface area contributed by atoms with E-state index in [-0.39, 0.29) is 29.2 Å². The molecule has 148 valence electrons. The van der Waals surface area contributed by atoms with Crippen molar-refractivity contribution in [2.45, 2.75) is 63.5 Å². The molecule has 4 saturated carbocycles. The molecular weight excluding hydrogens is 359 g/mol. The largest absolute Gasteiger partial charge is 0.573 e. The van der Waals surface area contributed by atoms with Crippen LogP contribution < -0.4 is 10.1 Å². The van der Waals surface area contributed by atoms with Crippen molar-refractivity contribution in [2.75, 3.05) is 0 Å². The van der Waals surface area contributed by atoms with E-state index in [1.54, 1.807) is 6.07 Å². The average Bonchev–Trinajstić information content (AvgIpc) is 2.49. The van der Waals surface area contributed by atoms with Gasteiger partial charge in [0.1, 0.15) is 5.75 Å². The molecule has 2 atom stereocenters. The Morgan fingerprint density at radius 1 is 1.19 bits per heavy atom. The molecule has 4 bridgehead atoms. The van der Waals surface area contributed by atoms with Crippen LogP contribution in [0, 0.1) is 17.3 Å². The number of rotatable bonds is 5. The molecule has 0 aromatic heterocycles. The lowest BCUT2D eigenvalue weighted by Crippen LogP contribution is -2.56. The number of halogens is 3. The standard InChI is InChI=1S/C20H24F3NO3/c21-20(22,23)27-16-4-2-1-3-15(16)11-24-17(25)10-18-6-13-5-14(7-18)9-19(26,8-13)12-18/h1-4,13-14,26H,5-12H2,(H,24,25). The van der Waals surface area contributed by atoms with Crippen LogP contribution in [-0.4, -0.2) is 23.0 Å². The van der Waals surface area contributed by atoms with Gasteiger partial charge < -0.3 is 15.2 Å². The highest BCUT2D eigenvalue weighted by atomic mass is 19.4. The second-order valence-electron chi connectivity index (χ2n) is 8.79. The Labute approximate surface area is 156 Å². The molecule has 4 aliphatic carbocycles. The molecule has 4 fully saturated rings. The number of alkyl halides is 3. The minimum atomic E-state index is -4.77. The molecule has 2 unspecified atom stereocenters. The van der Waals surface area contributed by atoms with E-state index < -0.39 is 12.0 Å². The van der Waals surface area contributed by atoms with Crippen LogP contribution >= 0.6 is 0 Å². The first-order valence-electron chi connectivity index (χ1n) is 9.47. The summed E-state index contributed by atoms with van der Waals surface area (Å²) in [6.07, 6.45) is 0.978. The Balaban J connectivity index is 1.39. The molecule has 0 aliphatic heterocycles. The molecule has 1 aromatic carbocycles. The van der Waals surface area contributed by atoms with Crippen molar-refractivity contribution in [3.8, 4) is 5.75 Å². The summed E-state index contributed by atoms with van der Waals surface area (Å²) in [4.78, 5) is 12.5. The van der Waals surface area contributed by atoms with Gasteiger partial charge in [0.25, 0.3) is 0 Å². The maximum Gasteiger partial charge on any atom is 0.573 e. The summed E-state index contributed by atoms with van der Waals surface area (Å²) in [6, 6.07) is 5.82. The van der Waals surface area contributed by atoms with Gasteiger partial charge >= 0.3 is 6.36 Å². The average molecular weight is 383 g/mol. The quantitative estimate of drug-likeness (QED) is 0.810. The predicted molar refractivity (Wildman–Crippen MR) is 91.7 cm³/mol. The molecule has 2 N–H and O–H groups in total. The molecular formula is C20H24F3NO3. The first kappa shape index (κ1) is 18.6. The first-order chi connectivity index (χ1) is 12.6. The van der Waals surface area contributed by atoms with Gasteiger partial charge in [-0.1, -0.05) is 18.2 Å². The third kappa shape index (κ3) is 4.08. The second-order valence-corrected chi connectivity index (χ2v) is 8.79. The van der Waals surface area contributed by atoms with Crippen LogP contribution in [0.5, 0.6) is 5.75 Å². The highest BCUT2D eigenvalue weighted by Crippen LogP contribution is 2.62. The summed E-state index contributed by atoms with van der Waals surface area (Å²) in [5, 5.41) is 13.5. The first-order valence-corrected chi connectivity index (χ1v) is 9.47. The number of amides is 1. The zero-order valence-corrected chi connectivity index (χ0v) is 15.0. The lowest BCUT2D eigenvalue weighted by atomic mass is 9.47. The third-order valence-corrected chi connectivity index (χ3v) is 6.36. The Morgan fingerprint density at radius 2 is 1.85 bits per heavy atom. The van der Waals surface area contributed by atoms with Gasteiger partial charge in [0, 0.05) is 18.5 Å². The summed E-state index contributed by atoms with van der Waals surface area (Å²) in [7, 11) is 0. The van der Waals surface area contributed by atoms with E-state index in [4.69, 9.17) is 0 Å². The summed E-state index contributed by atoms with van der Waals surface area (Å²) in [5.41, 5.74) is -0.505. The molecule has 0 spiro atoms. The Hall–Kier alpha value is -1.76. The fraction of sp³-hybridized carbons (Fsp3) is 0.650. The highest BCUT2D eigenvalue weighted by Gasteiger charge is 2.57. The van der Waals surface area contributed by atoms with E-state index in [0.717, 1.165) is 32.1 Å². The molecule has 27 heavy (non-hydrogen) atoms. The molecule has 0 radical (unpaired) electrons. The van der Waals surface area contributed by atoms with Crippen LogP contribution in [0.4, 0.5) is 13.2 Å². The van der Waals surface area contributed by atoms with E-state index in [2.05, 4.69) is 10.1 Å².